The van der Waals surface area contributed by atoms with E-state index in [9.17, 15) is 5.11 Å². The number of aliphatic hydroxyl groups is 1. The summed E-state index contributed by atoms with van der Waals surface area (Å²) < 4.78 is 0. The average molecular weight is 218 g/mol. The Bertz CT molecular complexity index is 332. The summed E-state index contributed by atoms with van der Waals surface area (Å²) in [5.41, 5.74) is 1.45. The van der Waals surface area contributed by atoms with Crippen molar-refractivity contribution in [3.8, 4) is 0 Å². The van der Waals surface area contributed by atoms with Crippen LogP contribution in [0.5, 0.6) is 0 Å². The van der Waals surface area contributed by atoms with Gasteiger partial charge in [0.1, 0.15) is 0 Å². The maximum Gasteiger partial charge on any atom is 0.0783 e. The van der Waals surface area contributed by atoms with Crippen LogP contribution in [0.1, 0.15) is 44.9 Å². The maximum atomic E-state index is 10.6. The van der Waals surface area contributed by atoms with E-state index in [0.717, 1.165) is 23.7 Å². The molecule has 1 heteroatoms. The number of fused-ring (bicyclic) bond motifs is 4. The molecule has 0 aromatic carbocycles. The van der Waals surface area contributed by atoms with E-state index < -0.39 is 0 Å². The SMILES string of the molecule is OC(C1=CC2CCC1C2)C1CC2CCC1C2. The molecular formula is C15H22O. The Morgan fingerprint density at radius 1 is 1.06 bits per heavy atom. The molecule has 3 saturated carbocycles. The van der Waals surface area contributed by atoms with Gasteiger partial charge < -0.3 is 5.11 Å². The first kappa shape index (κ1) is 9.70. The molecule has 1 N–H and O–H groups in total. The minimum absolute atomic E-state index is 0.0643. The second-order valence-corrected chi connectivity index (χ2v) is 6.72. The zero-order valence-electron chi connectivity index (χ0n) is 9.94. The molecule has 0 spiro atoms. The fourth-order valence-electron chi connectivity index (χ4n) is 5.15. The number of hydrogen-bond acceptors (Lipinski definition) is 1. The molecule has 4 bridgehead atoms. The smallest absolute Gasteiger partial charge is 0.0783 e. The molecule has 0 saturated heterocycles. The van der Waals surface area contributed by atoms with Crippen molar-refractivity contribution in [2.24, 2.45) is 29.6 Å². The Balaban J connectivity index is 1.54. The van der Waals surface area contributed by atoms with E-state index in [0.29, 0.717) is 5.92 Å². The topological polar surface area (TPSA) is 20.2 Å². The summed E-state index contributed by atoms with van der Waals surface area (Å²) in [5.74, 6) is 4.04. The Morgan fingerprint density at radius 2 is 2.00 bits per heavy atom. The molecule has 3 fully saturated rings. The van der Waals surface area contributed by atoms with Crippen molar-refractivity contribution in [2.45, 2.75) is 51.0 Å². The van der Waals surface area contributed by atoms with Gasteiger partial charge in [0.2, 0.25) is 0 Å². The van der Waals surface area contributed by atoms with E-state index in [1.165, 1.54) is 50.5 Å². The predicted molar refractivity (Wildman–Crippen MR) is 63.9 cm³/mol. The third kappa shape index (κ3) is 1.27. The lowest BCUT2D eigenvalue weighted by Crippen LogP contribution is -2.29. The molecule has 88 valence electrons. The molecule has 4 rings (SSSR count). The number of allylic oxidation sites excluding steroid dienone is 1. The average Bonchev–Trinajstić information content (AvgIpc) is 3.06. The lowest BCUT2D eigenvalue weighted by atomic mass is 9.79. The number of rotatable bonds is 2. The summed E-state index contributed by atoms with van der Waals surface area (Å²) >= 11 is 0. The van der Waals surface area contributed by atoms with Gasteiger partial charge in [0.05, 0.1) is 6.10 Å². The summed E-state index contributed by atoms with van der Waals surface area (Å²) in [4.78, 5) is 0. The second-order valence-electron chi connectivity index (χ2n) is 6.72. The third-order valence-corrected chi connectivity index (χ3v) is 5.91. The van der Waals surface area contributed by atoms with Gasteiger partial charge in [0.15, 0.2) is 0 Å². The fourth-order valence-corrected chi connectivity index (χ4v) is 5.15. The van der Waals surface area contributed by atoms with Crippen LogP contribution in [0.3, 0.4) is 0 Å². The molecule has 0 aromatic rings. The Kier molecular flexibility index (Phi) is 2.03. The molecule has 0 aliphatic heterocycles. The van der Waals surface area contributed by atoms with E-state index in [1.807, 2.05) is 0 Å². The molecule has 1 nitrogen and oxygen atoms in total. The van der Waals surface area contributed by atoms with Crippen LogP contribution in [0, 0.1) is 29.6 Å². The molecule has 6 atom stereocenters. The van der Waals surface area contributed by atoms with Gasteiger partial charge in [0.25, 0.3) is 0 Å². The van der Waals surface area contributed by atoms with Gasteiger partial charge in [-0.05, 0) is 73.7 Å². The summed E-state index contributed by atoms with van der Waals surface area (Å²) in [6.07, 6.45) is 12.0. The first-order valence-electron chi connectivity index (χ1n) is 7.21. The molecule has 16 heavy (non-hydrogen) atoms. The molecule has 4 aliphatic rings. The van der Waals surface area contributed by atoms with E-state index in [4.69, 9.17) is 0 Å². The van der Waals surface area contributed by atoms with Crippen molar-refractivity contribution in [3.05, 3.63) is 11.6 Å². The first-order chi connectivity index (χ1) is 7.81. The van der Waals surface area contributed by atoms with Gasteiger partial charge in [-0.2, -0.15) is 0 Å². The van der Waals surface area contributed by atoms with Crippen LogP contribution >= 0.6 is 0 Å². The van der Waals surface area contributed by atoms with Crippen molar-refractivity contribution >= 4 is 0 Å². The Morgan fingerprint density at radius 3 is 2.56 bits per heavy atom. The van der Waals surface area contributed by atoms with Gasteiger partial charge in [-0.3, -0.25) is 0 Å². The summed E-state index contributed by atoms with van der Waals surface area (Å²) in [7, 11) is 0. The Hall–Kier alpha value is -0.300. The molecule has 6 unspecified atom stereocenters. The van der Waals surface area contributed by atoms with Crippen LogP contribution in [0.15, 0.2) is 11.6 Å². The zero-order chi connectivity index (χ0) is 10.7. The van der Waals surface area contributed by atoms with E-state index >= 15 is 0 Å². The van der Waals surface area contributed by atoms with Crippen LogP contribution in [0.4, 0.5) is 0 Å². The highest BCUT2D eigenvalue weighted by Gasteiger charge is 2.46. The van der Waals surface area contributed by atoms with Crippen LogP contribution < -0.4 is 0 Å². The highest BCUT2D eigenvalue weighted by molar-refractivity contribution is 5.24. The molecule has 0 aromatic heterocycles. The highest BCUT2D eigenvalue weighted by Crippen LogP contribution is 2.53. The van der Waals surface area contributed by atoms with Gasteiger partial charge in [-0.15, -0.1) is 0 Å². The normalized spacial score (nSPS) is 51.1. The van der Waals surface area contributed by atoms with E-state index in [2.05, 4.69) is 6.08 Å². The predicted octanol–water partition coefficient (Wildman–Crippen LogP) is 3.14. The van der Waals surface area contributed by atoms with Crippen LogP contribution in [0.25, 0.3) is 0 Å². The minimum atomic E-state index is -0.0643. The first-order valence-corrected chi connectivity index (χ1v) is 7.21. The standard InChI is InChI=1S/C15H22O/c16-15(13-7-9-1-3-11(13)5-9)14-8-10-2-4-12(14)6-10/h7,9-12,14-16H,1-6,8H2. The number of aliphatic hydroxyl groups excluding tert-OH is 1. The largest absolute Gasteiger partial charge is 0.388 e. The monoisotopic (exact) mass is 218 g/mol. The Labute approximate surface area is 97.9 Å². The molecule has 4 aliphatic carbocycles. The van der Waals surface area contributed by atoms with Crippen molar-refractivity contribution in [1.82, 2.24) is 0 Å². The summed E-state index contributed by atoms with van der Waals surface area (Å²) in [5, 5.41) is 10.6. The van der Waals surface area contributed by atoms with Crippen molar-refractivity contribution in [1.29, 1.82) is 0 Å². The molecular weight excluding hydrogens is 196 g/mol. The second kappa shape index (κ2) is 3.35. The summed E-state index contributed by atoms with van der Waals surface area (Å²) in [6, 6.07) is 0. The van der Waals surface area contributed by atoms with Crippen LogP contribution in [-0.2, 0) is 0 Å². The molecule has 0 amide bonds. The van der Waals surface area contributed by atoms with Crippen molar-refractivity contribution in [3.63, 3.8) is 0 Å². The van der Waals surface area contributed by atoms with Gasteiger partial charge in [-0.25, -0.2) is 0 Å². The van der Waals surface area contributed by atoms with E-state index in [-0.39, 0.29) is 6.10 Å². The quantitative estimate of drug-likeness (QED) is 0.706. The summed E-state index contributed by atoms with van der Waals surface area (Å²) in [6.45, 7) is 0. The van der Waals surface area contributed by atoms with Gasteiger partial charge in [-0.1, -0.05) is 12.5 Å². The highest BCUT2D eigenvalue weighted by atomic mass is 16.3. The van der Waals surface area contributed by atoms with Gasteiger partial charge in [0, 0.05) is 0 Å². The minimum Gasteiger partial charge on any atom is -0.388 e. The molecule has 0 radical (unpaired) electrons. The van der Waals surface area contributed by atoms with E-state index in [1.54, 1.807) is 0 Å². The molecule has 0 heterocycles. The van der Waals surface area contributed by atoms with Crippen molar-refractivity contribution in [2.75, 3.05) is 0 Å². The lowest BCUT2D eigenvalue weighted by Gasteiger charge is -2.30. The maximum absolute atomic E-state index is 10.6. The lowest BCUT2D eigenvalue weighted by molar-refractivity contribution is 0.0960. The van der Waals surface area contributed by atoms with Crippen LogP contribution in [-0.4, -0.2) is 11.2 Å². The van der Waals surface area contributed by atoms with Gasteiger partial charge >= 0.3 is 0 Å². The zero-order valence-corrected chi connectivity index (χ0v) is 9.94. The third-order valence-electron chi connectivity index (χ3n) is 5.91. The number of hydrogen-bond donors (Lipinski definition) is 1. The van der Waals surface area contributed by atoms with Crippen LogP contribution in [0.2, 0.25) is 0 Å². The van der Waals surface area contributed by atoms with Crippen molar-refractivity contribution < 1.29 is 5.11 Å². The fraction of sp³-hybridized carbons (Fsp3) is 0.867.